The summed E-state index contributed by atoms with van der Waals surface area (Å²) in [4.78, 5) is 44.0. The molecule has 1 atom stereocenters. The minimum Gasteiger partial charge on any atom is -0.475 e. The number of fused-ring (bicyclic) bond motifs is 1. The second-order valence-corrected chi connectivity index (χ2v) is 22.3. The molecule has 2 aromatic carbocycles. The molecule has 0 unspecified atom stereocenters. The number of carbonyl (C=O) groups excluding carboxylic acids is 1. The van der Waals surface area contributed by atoms with E-state index in [0.717, 1.165) is 89.1 Å². The van der Waals surface area contributed by atoms with Crippen molar-refractivity contribution < 1.29 is 37.1 Å². The molecule has 2 aliphatic heterocycles. The number of pyridine rings is 2. The number of hydrogen-bond acceptors (Lipinski definition) is 14. The van der Waals surface area contributed by atoms with E-state index in [1.54, 1.807) is 26.0 Å². The normalized spacial score (nSPS) is 22.1. The van der Waals surface area contributed by atoms with Gasteiger partial charge >= 0.3 is 5.69 Å². The van der Waals surface area contributed by atoms with Crippen molar-refractivity contribution in [3.63, 3.8) is 0 Å². The van der Waals surface area contributed by atoms with Crippen LogP contribution in [0.3, 0.4) is 0 Å². The molecule has 380 valence electrons. The zero-order valence-electron chi connectivity index (χ0n) is 41.2. The van der Waals surface area contributed by atoms with Gasteiger partial charge in [0.2, 0.25) is 5.82 Å². The van der Waals surface area contributed by atoms with Gasteiger partial charge in [0, 0.05) is 81.4 Å². The third kappa shape index (κ3) is 10.7. The number of halogens is 1. The number of piperazine rings is 1. The van der Waals surface area contributed by atoms with E-state index in [-0.39, 0.29) is 57.7 Å². The number of carbonyl (C=O) groups is 1. The van der Waals surface area contributed by atoms with Crippen LogP contribution in [0, 0.1) is 27.3 Å². The lowest BCUT2D eigenvalue weighted by atomic mass is 9.59. The van der Waals surface area contributed by atoms with Gasteiger partial charge in [-0.25, -0.2) is 22.5 Å². The number of rotatable bonds is 16. The number of piperidine rings is 1. The number of nitrogens with one attached hydrogen (secondary N) is 3. The molecule has 5 heterocycles. The van der Waals surface area contributed by atoms with Crippen LogP contribution in [-0.4, -0.2) is 113 Å². The first-order valence-electron chi connectivity index (χ1n) is 25.1. The summed E-state index contributed by atoms with van der Waals surface area (Å²) in [6.07, 6.45) is 8.95. The fourth-order valence-electron chi connectivity index (χ4n) is 11.2. The van der Waals surface area contributed by atoms with Gasteiger partial charge in [-0.3, -0.25) is 19.8 Å². The maximum atomic E-state index is 14.9. The fraction of sp³-hybridized carbons (Fsp3) is 0.519. The van der Waals surface area contributed by atoms with E-state index in [9.17, 15) is 32.8 Å². The second-order valence-electron chi connectivity index (χ2n) is 20.6. The molecule has 5 aromatic rings. The van der Waals surface area contributed by atoms with Crippen LogP contribution in [0.15, 0.2) is 71.9 Å². The molecule has 1 spiro atoms. The first kappa shape index (κ1) is 50.1. The first-order valence-corrected chi connectivity index (χ1v) is 26.6. The van der Waals surface area contributed by atoms with E-state index in [4.69, 9.17) is 9.47 Å². The Kier molecular flexibility index (Phi) is 14.3. The molecule has 3 aromatic heterocycles. The molecule has 19 heteroatoms. The standard InChI is InChI=1S/C52H66FN9O8S/c1-6-59-22-23-61(44(32-59)39-11-9-8-10-38(39)33(3)4)36-27-52(28-36)18-20-60(21-19-52)35-12-13-40(45(24-35)70-46-26-41-42(53)31-56-47(41)57-50(46)69-7-2)49(63)58-71(67,68)37-25-43(62(65)66)48(55-30-37)54-29-34-14-16-51(5,64)17-15-34/h8-13,24-26,30-31,33-34,36,44,64H,6-7,14-23,27-29,32H2,1-5H3,(H,54,55)(H,56,57)(H,58,63)/t34?,44-,51?/m0/s1. The lowest BCUT2D eigenvalue weighted by Gasteiger charge is -2.58. The number of hydrogen-bond donors (Lipinski definition) is 4. The van der Waals surface area contributed by atoms with Crippen LogP contribution >= 0.6 is 0 Å². The van der Waals surface area contributed by atoms with Crippen LogP contribution in [0.4, 0.5) is 21.6 Å². The maximum absolute atomic E-state index is 14.9. The van der Waals surface area contributed by atoms with Crippen LogP contribution < -0.4 is 24.4 Å². The quantitative estimate of drug-likeness (QED) is 0.0538. The molecule has 4 N–H and O–H groups in total. The Morgan fingerprint density at radius 2 is 1.77 bits per heavy atom. The predicted octanol–water partition coefficient (Wildman–Crippen LogP) is 8.92. The van der Waals surface area contributed by atoms with Gasteiger partial charge in [0.1, 0.15) is 22.1 Å². The monoisotopic (exact) mass is 995 g/mol. The summed E-state index contributed by atoms with van der Waals surface area (Å²) in [7, 11) is -4.73. The smallest absolute Gasteiger partial charge is 0.312 e. The molecule has 4 fully saturated rings. The Labute approximate surface area is 414 Å². The number of nitrogens with zero attached hydrogens (tertiary/aromatic N) is 6. The summed E-state index contributed by atoms with van der Waals surface area (Å²) in [6, 6.07) is 16.9. The molecule has 2 saturated carbocycles. The van der Waals surface area contributed by atoms with Crippen LogP contribution in [-0.2, 0) is 10.0 Å². The first-order chi connectivity index (χ1) is 33.9. The highest BCUT2D eigenvalue weighted by atomic mass is 32.2. The third-order valence-corrected chi connectivity index (χ3v) is 16.8. The summed E-state index contributed by atoms with van der Waals surface area (Å²) in [5.41, 5.74) is 2.55. The van der Waals surface area contributed by atoms with Crippen molar-refractivity contribution in [3.8, 4) is 17.4 Å². The number of sulfonamides is 1. The van der Waals surface area contributed by atoms with Gasteiger partial charge in [-0.05, 0) is 112 Å². The minimum absolute atomic E-state index is 0.000579. The summed E-state index contributed by atoms with van der Waals surface area (Å²) in [5.74, 6) is -1.20. The molecule has 0 radical (unpaired) electrons. The highest BCUT2D eigenvalue weighted by molar-refractivity contribution is 7.90. The molecule has 0 bridgehead atoms. The van der Waals surface area contributed by atoms with Crippen LogP contribution in [0.1, 0.15) is 119 Å². The summed E-state index contributed by atoms with van der Waals surface area (Å²) < 4.78 is 56.9. The molecule has 9 rings (SSSR count). The number of amides is 1. The number of ether oxygens (including phenoxy) is 2. The predicted molar refractivity (Wildman–Crippen MR) is 269 cm³/mol. The highest BCUT2D eigenvalue weighted by Gasteiger charge is 2.50. The number of aromatic amines is 1. The van der Waals surface area contributed by atoms with Crippen molar-refractivity contribution in [3.05, 3.63) is 99.6 Å². The lowest BCUT2D eigenvalue weighted by Crippen LogP contribution is -2.60. The molecule has 2 aliphatic carbocycles. The van der Waals surface area contributed by atoms with E-state index in [0.29, 0.717) is 50.2 Å². The van der Waals surface area contributed by atoms with Crippen molar-refractivity contribution in [2.45, 2.75) is 114 Å². The van der Waals surface area contributed by atoms with Gasteiger partial charge < -0.3 is 34.7 Å². The molecule has 1 amide bonds. The van der Waals surface area contributed by atoms with E-state index < -0.39 is 42.9 Å². The van der Waals surface area contributed by atoms with E-state index in [2.05, 4.69) is 84.7 Å². The number of aromatic nitrogens is 3. The zero-order chi connectivity index (χ0) is 50.2. The maximum Gasteiger partial charge on any atom is 0.312 e. The zero-order valence-corrected chi connectivity index (χ0v) is 42.1. The van der Waals surface area contributed by atoms with Crippen LogP contribution in [0.5, 0.6) is 17.4 Å². The lowest BCUT2D eigenvalue weighted by molar-refractivity contribution is -0.384. The van der Waals surface area contributed by atoms with E-state index in [1.165, 1.54) is 23.3 Å². The molecule has 2 saturated heterocycles. The van der Waals surface area contributed by atoms with E-state index in [1.807, 2.05) is 0 Å². The number of likely N-dealkylation sites (N-methyl/N-ethyl adjacent to an activating group) is 1. The van der Waals surface area contributed by atoms with Crippen LogP contribution in [0.2, 0.25) is 0 Å². The van der Waals surface area contributed by atoms with Gasteiger partial charge in [0.25, 0.3) is 21.8 Å². The Balaban J connectivity index is 0.938. The van der Waals surface area contributed by atoms with Gasteiger partial charge in [-0.15, -0.1) is 0 Å². The molecular weight excluding hydrogens is 930 g/mol. The second kappa shape index (κ2) is 20.3. The van der Waals surface area contributed by atoms with Crippen molar-refractivity contribution in [2.24, 2.45) is 11.3 Å². The summed E-state index contributed by atoms with van der Waals surface area (Å²) >= 11 is 0. The average molecular weight is 996 g/mol. The van der Waals surface area contributed by atoms with Crippen molar-refractivity contribution in [2.75, 3.05) is 62.6 Å². The van der Waals surface area contributed by atoms with Gasteiger partial charge in [0.15, 0.2) is 5.75 Å². The molecule has 71 heavy (non-hydrogen) atoms. The van der Waals surface area contributed by atoms with Crippen LogP contribution in [0.25, 0.3) is 11.0 Å². The van der Waals surface area contributed by atoms with Crippen molar-refractivity contribution in [1.29, 1.82) is 0 Å². The van der Waals surface area contributed by atoms with Gasteiger partial charge in [-0.1, -0.05) is 45.0 Å². The van der Waals surface area contributed by atoms with Gasteiger partial charge in [0.05, 0.1) is 34.3 Å². The van der Waals surface area contributed by atoms with Crippen molar-refractivity contribution >= 4 is 44.2 Å². The Bertz CT molecular complexity index is 2870. The summed E-state index contributed by atoms with van der Waals surface area (Å²) in [5, 5.41) is 25.6. The number of anilines is 2. The molecule has 4 aliphatic rings. The largest absolute Gasteiger partial charge is 0.475 e. The number of H-pyrrole nitrogens is 1. The fourth-order valence-corrected chi connectivity index (χ4v) is 12.2. The molecular formula is C52H66FN9O8S. The highest BCUT2D eigenvalue weighted by Crippen LogP contribution is 2.53. The minimum atomic E-state index is -4.73. The molecule has 17 nitrogen and oxygen atoms in total. The average Bonchev–Trinajstić information content (AvgIpc) is 3.70. The Morgan fingerprint density at radius 3 is 2.48 bits per heavy atom. The number of nitro groups is 1. The number of aliphatic hydroxyl groups is 1. The van der Waals surface area contributed by atoms with Crippen molar-refractivity contribution in [1.82, 2.24) is 29.5 Å². The van der Waals surface area contributed by atoms with E-state index >= 15 is 0 Å². The Morgan fingerprint density at radius 1 is 1.03 bits per heavy atom. The van der Waals surface area contributed by atoms with Gasteiger partial charge in [-0.2, -0.15) is 4.98 Å². The topological polar surface area (TPSA) is 208 Å². The number of benzene rings is 2. The SMILES string of the molecule is CCOc1nc2[nH]cc(F)c2cc1Oc1cc(N2CCC3(CC2)CC(N2CCN(CC)C[C@H]2c2ccccc2C(C)C)C3)ccc1C(=O)NS(=O)(=O)c1cnc(NCC2CCC(C)(O)CC2)c([N+](=O)[O-])c1. The third-order valence-electron chi connectivity index (χ3n) is 15.5. The Hall–Kier alpha value is -5.89. The summed E-state index contributed by atoms with van der Waals surface area (Å²) in [6.45, 7) is 16.5.